The lowest BCUT2D eigenvalue weighted by molar-refractivity contribution is -0.139. The van der Waals surface area contributed by atoms with Crippen LogP contribution in [0.1, 0.15) is 21.6 Å². The number of carbonyl (C=O) groups is 2. The number of para-hydroxylation sites is 1. The molecule has 6 heteroatoms. The first kappa shape index (κ1) is 17.2. The first-order chi connectivity index (χ1) is 12.5. The van der Waals surface area contributed by atoms with Crippen LogP contribution < -0.4 is 4.74 Å². The van der Waals surface area contributed by atoms with Crippen LogP contribution >= 0.6 is 0 Å². The normalized spacial score (nSPS) is 10.9. The summed E-state index contributed by atoms with van der Waals surface area (Å²) < 4.78 is 5.07. The lowest BCUT2D eigenvalue weighted by Gasteiger charge is -2.04. The van der Waals surface area contributed by atoms with Crippen molar-refractivity contribution in [3.05, 3.63) is 71.4 Å². The van der Waals surface area contributed by atoms with E-state index < -0.39 is 18.5 Å². The van der Waals surface area contributed by atoms with Crippen LogP contribution in [0.2, 0.25) is 0 Å². The van der Waals surface area contributed by atoms with E-state index in [-0.39, 0.29) is 5.56 Å². The Hall–Kier alpha value is -3.67. The molecule has 2 aromatic carbocycles. The first-order valence-electron chi connectivity index (χ1n) is 7.79. The molecule has 130 valence electrons. The lowest BCUT2D eigenvalue weighted by atomic mass is 10.1. The van der Waals surface area contributed by atoms with Crippen molar-refractivity contribution < 1.29 is 24.5 Å². The van der Waals surface area contributed by atoms with Crippen LogP contribution in [0.15, 0.2) is 54.6 Å². The van der Waals surface area contributed by atoms with E-state index in [1.54, 1.807) is 54.6 Å². The van der Waals surface area contributed by atoms with Crippen molar-refractivity contribution in [2.45, 2.75) is 0 Å². The Labute approximate surface area is 149 Å². The van der Waals surface area contributed by atoms with Crippen LogP contribution in [-0.4, -0.2) is 33.7 Å². The maximum atomic E-state index is 11.5. The molecule has 26 heavy (non-hydrogen) atoms. The van der Waals surface area contributed by atoms with Crippen molar-refractivity contribution in [2.75, 3.05) is 6.61 Å². The third kappa shape index (κ3) is 4.05. The van der Waals surface area contributed by atoms with Crippen LogP contribution in [0.25, 0.3) is 23.1 Å². The highest BCUT2D eigenvalue weighted by Crippen LogP contribution is 2.20. The summed E-state index contributed by atoms with van der Waals surface area (Å²) >= 11 is 0. The van der Waals surface area contributed by atoms with E-state index in [4.69, 9.17) is 9.84 Å². The summed E-state index contributed by atoms with van der Waals surface area (Å²) in [6, 6.07) is 15.5. The van der Waals surface area contributed by atoms with Gasteiger partial charge in [-0.2, -0.15) is 0 Å². The summed E-state index contributed by atoms with van der Waals surface area (Å²) in [4.78, 5) is 26.4. The van der Waals surface area contributed by atoms with Gasteiger partial charge in [-0.3, -0.25) is 0 Å². The number of nitrogens with zero attached hydrogens (tertiary/aromatic N) is 1. The molecule has 0 amide bonds. The molecule has 0 fully saturated rings. The van der Waals surface area contributed by atoms with Gasteiger partial charge in [0.15, 0.2) is 6.61 Å². The molecule has 0 radical (unpaired) electrons. The Bertz CT molecular complexity index is 993. The summed E-state index contributed by atoms with van der Waals surface area (Å²) in [7, 11) is 0. The van der Waals surface area contributed by atoms with Crippen LogP contribution in [0.3, 0.4) is 0 Å². The van der Waals surface area contributed by atoms with Gasteiger partial charge in [-0.15, -0.1) is 0 Å². The number of hydrogen-bond donors (Lipinski definition) is 2. The average molecular weight is 349 g/mol. The Morgan fingerprint density at radius 2 is 1.73 bits per heavy atom. The fourth-order valence-electron chi connectivity index (χ4n) is 2.46. The number of hydrogen-bond acceptors (Lipinski definition) is 4. The van der Waals surface area contributed by atoms with Crippen LogP contribution in [0, 0.1) is 0 Å². The van der Waals surface area contributed by atoms with Crippen LogP contribution in [0.4, 0.5) is 0 Å². The first-order valence-corrected chi connectivity index (χ1v) is 7.79. The van der Waals surface area contributed by atoms with E-state index in [2.05, 4.69) is 4.98 Å². The SMILES string of the molecule is O=C(O)COc1ccc(/C=C/c2cc(C(=O)O)c3ccccc3n2)cc1. The molecule has 2 N–H and O–H groups in total. The molecule has 0 aliphatic heterocycles. The third-order valence-corrected chi connectivity index (χ3v) is 3.66. The zero-order chi connectivity index (χ0) is 18.5. The number of aromatic nitrogens is 1. The summed E-state index contributed by atoms with van der Waals surface area (Å²) in [5.74, 6) is -1.58. The van der Waals surface area contributed by atoms with Crippen molar-refractivity contribution in [1.29, 1.82) is 0 Å². The molecule has 0 atom stereocenters. The number of ether oxygens (including phenoxy) is 1. The molecule has 1 aromatic heterocycles. The second-order valence-electron chi connectivity index (χ2n) is 5.50. The van der Waals surface area contributed by atoms with Gasteiger partial charge in [0.2, 0.25) is 0 Å². The van der Waals surface area contributed by atoms with Crippen LogP contribution in [0.5, 0.6) is 5.75 Å². The number of rotatable bonds is 6. The van der Waals surface area contributed by atoms with Gasteiger partial charge in [0, 0.05) is 5.39 Å². The zero-order valence-electron chi connectivity index (χ0n) is 13.6. The highest BCUT2D eigenvalue weighted by Gasteiger charge is 2.10. The number of pyridine rings is 1. The molecule has 0 saturated carbocycles. The lowest BCUT2D eigenvalue weighted by Crippen LogP contribution is -2.09. The van der Waals surface area contributed by atoms with Crippen molar-refractivity contribution >= 4 is 35.0 Å². The Morgan fingerprint density at radius 1 is 1.00 bits per heavy atom. The number of carboxylic acid groups (broad SMARTS) is 2. The zero-order valence-corrected chi connectivity index (χ0v) is 13.6. The van der Waals surface area contributed by atoms with Crippen molar-refractivity contribution in [3.8, 4) is 5.75 Å². The number of benzene rings is 2. The number of aliphatic carboxylic acids is 1. The standard InChI is InChI=1S/C20H15NO5/c22-19(23)12-26-15-9-6-13(7-10-15)5-8-14-11-17(20(24)25)16-3-1-2-4-18(16)21-14/h1-11H,12H2,(H,22,23)(H,24,25)/b8-5+. The second-order valence-corrected chi connectivity index (χ2v) is 5.50. The maximum absolute atomic E-state index is 11.5. The van der Waals surface area contributed by atoms with Crippen molar-refractivity contribution in [3.63, 3.8) is 0 Å². The van der Waals surface area contributed by atoms with E-state index in [1.165, 1.54) is 6.07 Å². The van der Waals surface area contributed by atoms with Gasteiger partial charge in [0.25, 0.3) is 0 Å². The van der Waals surface area contributed by atoms with Gasteiger partial charge >= 0.3 is 11.9 Å². The highest BCUT2D eigenvalue weighted by atomic mass is 16.5. The number of carboxylic acids is 2. The maximum Gasteiger partial charge on any atom is 0.341 e. The van der Waals surface area contributed by atoms with E-state index in [9.17, 15) is 14.7 Å². The molecule has 0 unspecified atom stereocenters. The van der Waals surface area contributed by atoms with Gasteiger partial charge in [-0.05, 0) is 35.9 Å². The minimum absolute atomic E-state index is 0.202. The highest BCUT2D eigenvalue weighted by molar-refractivity contribution is 6.03. The van der Waals surface area contributed by atoms with E-state index in [0.717, 1.165) is 5.56 Å². The molecule has 0 saturated heterocycles. The van der Waals surface area contributed by atoms with Gasteiger partial charge in [-0.1, -0.05) is 36.4 Å². The summed E-state index contributed by atoms with van der Waals surface area (Å²) in [5.41, 5.74) is 2.20. The van der Waals surface area contributed by atoms with Crippen molar-refractivity contribution in [1.82, 2.24) is 4.98 Å². The smallest absolute Gasteiger partial charge is 0.341 e. The van der Waals surface area contributed by atoms with E-state index in [0.29, 0.717) is 22.3 Å². The fraction of sp³-hybridized carbons (Fsp3) is 0.0500. The van der Waals surface area contributed by atoms with Gasteiger partial charge < -0.3 is 14.9 Å². The van der Waals surface area contributed by atoms with E-state index >= 15 is 0 Å². The number of aromatic carboxylic acids is 1. The van der Waals surface area contributed by atoms with E-state index in [1.807, 2.05) is 6.07 Å². The third-order valence-electron chi connectivity index (χ3n) is 3.66. The predicted octanol–water partition coefficient (Wildman–Crippen LogP) is 3.57. The molecule has 3 rings (SSSR count). The molecule has 1 heterocycles. The summed E-state index contributed by atoms with van der Waals surface area (Å²) in [5, 5.41) is 18.6. The molecule has 6 nitrogen and oxygen atoms in total. The summed E-state index contributed by atoms with van der Waals surface area (Å²) in [6.07, 6.45) is 3.52. The largest absolute Gasteiger partial charge is 0.482 e. The van der Waals surface area contributed by atoms with Crippen molar-refractivity contribution in [2.24, 2.45) is 0 Å². The van der Waals surface area contributed by atoms with Gasteiger partial charge in [0.1, 0.15) is 5.75 Å². The molecule has 0 spiro atoms. The molecule has 3 aromatic rings. The Kier molecular flexibility index (Phi) is 4.94. The predicted molar refractivity (Wildman–Crippen MR) is 97.2 cm³/mol. The molecule has 0 bridgehead atoms. The quantitative estimate of drug-likeness (QED) is 0.706. The number of fused-ring (bicyclic) bond motifs is 1. The fourth-order valence-corrected chi connectivity index (χ4v) is 2.46. The monoisotopic (exact) mass is 349 g/mol. The second kappa shape index (κ2) is 7.48. The topological polar surface area (TPSA) is 96.7 Å². The molecule has 0 aliphatic rings. The average Bonchev–Trinajstić information content (AvgIpc) is 2.64. The molecular weight excluding hydrogens is 334 g/mol. The Morgan fingerprint density at radius 3 is 2.42 bits per heavy atom. The molecular formula is C20H15NO5. The van der Waals surface area contributed by atoms with Gasteiger partial charge in [-0.25, -0.2) is 14.6 Å². The minimum Gasteiger partial charge on any atom is -0.482 e. The summed E-state index contributed by atoms with van der Waals surface area (Å²) in [6.45, 7) is -0.395. The Balaban J connectivity index is 1.84. The minimum atomic E-state index is -1.04. The molecule has 0 aliphatic carbocycles. The van der Waals surface area contributed by atoms with Gasteiger partial charge in [0.05, 0.1) is 16.8 Å². The van der Waals surface area contributed by atoms with Crippen LogP contribution in [-0.2, 0) is 4.79 Å².